The van der Waals surface area contributed by atoms with Gasteiger partial charge in [-0.2, -0.15) is 0 Å². The highest BCUT2D eigenvalue weighted by molar-refractivity contribution is 9.10. The SMILES string of the molecule is CCC1=CCOc2cc(Br)ccc21. The smallest absolute Gasteiger partial charge is 0.128 e. The summed E-state index contributed by atoms with van der Waals surface area (Å²) in [6, 6.07) is 6.18. The van der Waals surface area contributed by atoms with Crippen LogP contribution in [0.5, 0.6) is 5.75 Å². The highest BCUT2D eigenvalue weighted by Gasteiger charge is 2.11. The standard InChI is InChI=1S/C11H11BrO/c1-2-8-5-6-13-11-7-9(12)3-4-10(8)11/h3-5,7H,2,6H2,1H3. The normalized spacial score (nSPS) is 14.5. The molecule has 0 amide bonds. The van der Waals surface area contributed by atoms with Gasteiger partial charge in [-0.25, -0.2) is 0 Å². The van der Waals surface area contributed by atoms with Crippen molar-refractivity contribution >= 4 is 21.5 Å². The second-order valence-corrected chi connectivity index (χ2v) is 3.95. The molecule has 1 aliphatic rings. The number of hydrogen-bond donors (Lipinski definition) is 0. The van der Waals surface area contributed by atoms with Crippen LogP contribution in [0.1, 0.15) is 18.9 Å². The summed E-state index contributed by atoms with van der Waals surface area (Å²) in [5.74, 6) is 0.994. The Kier molecular flexibility index (Phi) is 2.40. The first-order valence-corrected chi connectivity index (χ1v) is 5.22. The lowest BCUT2D eigenvalue weighted by atomic mass is 10.0. The van der Waals surface area contributed by atoms with Crippen molar-refractivity contribution in [3.8, 4) is 5.75 Å². The largest absolute Gasteiger partial charge is 0.489 e. The zero-order chi connectivity index (χ0) is 9.26. The van der Waals surface area contributed by atoms with E-state index < -0.39 is 0 Å². The molecule has 2 rings (SSSR count). The summed E-state index contributed by atoms with van der Waals surface area (Å²) in [5.41, 5.74) is 2.62. The first kappa shape index (κ1) is 8.82. The predicted molar refractivity (Wildman–Crippen MR) is 57.9 cm³/mol. The molecule has 0 fully saturated rings. The molecule has 1 aliphatic heterocycles. The Morgan fingerprint density at radius 2 is 2.31 bits per heavy atom. The van der Waals surface area contributed by atoms with E-state index in [2.05, 4.69) is 41.1 Å². The van der Waals surface area contributed by atoms with E-state index in [-0.39, 0.29) is 0 Å². The third-order valence-corrected chi connectivity index (χ3v) is 2.73. The summed E-state index contributed by atoms with van der Waals surface area (Å²) in [6.07, 6.45) is 3.22. The van der Waals surface area contributed by atoms with Gasteiger partial charge in [-0.3, -0.25) is 0 Å². The summed E-state index contributed by atoms with van der Waals surface area (Å²) in [4.78, 5) is 0. The van der Waals surface area contributed by atoms with Gasteiger partial charge in [0.15, 0.2) is 0 Å². The zero-order valence-corrected chi connectivity index (χ0v) is 9.10. The van der Waals surface area contributed by atoms with Gasteiger partial charge in [0, 0.05) is 10.0 Å². The number of hydrogen-bond acceptors (Lipinski definition) is 1. The quantitative estimate of drug-likeness (QED) is 0.727. The Labute approximate surface area is 86.5 Å². The van der Waals surface area contributed by atoms with Gasteiger partial charge in [0.2, 0.25) is 0 Å². The van der Waals surface area contributed by atoms with Crippen molar-refractivity contribution in [1.29, 1.82) is 0 Å². The second-order valence-electron chi connectivity index (χ2n) is 3.03. The highest BCUT2D eigenvalue weighted by atomic mass is 79.9. The van der Waals surface area contributed by atoms with Crippen molar-refractivity contribution in [3.63, 3.8) is 0 Å². The Morgan fingerprint density at radius 1 is 1.46 bits per heavy atom. The third-order valence-electron chi connectivity index (χ3n) is 2.24. The number of rotatable bonds is 1. The molecule has 13 heavy (non-hydrogen) atoms. The Bertz CT molecular complexity index is 355. The molecule has 0 saturated carbocycles. The van der Waals surface area contributed by atoms with Gasteiger partial charge in [0.25, 0.3) is 0 Å². The molecule has 0 atom stereocenters. The number of ether oxygens (including phenoxy) is 1. The number of halogens is 1. The molecule has 1 heterocycles. The minimum atomic E-state index is 0.701. The fraction of sp³-hybridized carbons (Fsp3) is 0.273. The predicted octanol–water partition coefficient (Wildman–Crippen LogP) is 3.63. The van der Waals surface area contributed by atoms with Gasteiger partial charge in [0.1, 0.15) is 12.4 Å². The minimum Gasteiger partial charge on any atom is -0.489 e. The fourth-order valence-corrected chi connectivity index (χ4v) is 1.90. The maximum Gasteiger partial charge on any atom is 0.128 e. The van der Waals surface area contributed by atoms with Crippen LogP contribution in [0.4, 0.5) is 0 Å². The number of allylic oxidation sites excluding steroid dienone is 1. The monoisotopic (exact) mass is 238 g/mol. The van der Waals surface area contributed by atoms with Crippen molar-refractivity contribution in [2.24, 2.45) is 0 Å². The fourth-order valence-electron chi connectivity index (χ4n) is 1.56. The average molecular weight is 239 g/mol. The molecule has 68 valence electrons. The van der Waals surface area contributed by atoms with Crippen molar-refractivity contribution in [2.45, 2.75) is 13.3 Å². The summed E-state index contributed by atoms with van der Waals surface area (Å²) >= 11 is 3.43. The van der Waals surface area contributed by atoms with Crippen LogP contribution in [0, 0.1) is 0 Å². The summed E-state index contributed by atoms with van der Waals surface area (Å²) in [5, 5.41) is 0. The van der Waals surface area contributed by atoms with Crippen LogP contribution < -0.4 is 4.74 Å². The molecule has 0 unspecified atom stereocenters. The van der Waals surface area contributed by atoms with Crippen LogP contribution in [0.15, 0.2) is 28.7 Å². The van der Waals surface area contributed by atoms with Gasteiger partial charge in [-0.15, -0.1) is 0 Å². The van der Waals surface area contributed by atoms with E-state index in [0.29, 0.717) is 6.61 Å². The molecule has 1 aromatic carbocycles. The molecule has 0 bridgehead atoms. The van der Waals surface area contributed by atoms with Crippen LogP contribution in [-0.2, 0) is 0 Å². The summed E-state index contributed by atoms with van der Waals surface area (Å²) in [6.45, 7) is 2.87. The van der Waals surface area contributed by atoms with Crippen LogP contribution in [0.25, 0.3) is 5.57 Å². The minimum absolute atomic E-state index is 0.701. The highest BCUT2D eigenvalue weighted by Crippen LogP contribution is 2.33. The first-order valence-electron chi connectivity index (χ1n) is 4.43. The number of benzene rings is 1. The van der Waals surface area contributed by atoms with E-state index in [1.54, 1.807) is 0 Å². The Balaban J connectivity index is 2.49. The molecule has 0 aromatic heterocycles. The molecule has 0 aliphatic carbocycles. The first-order chi connectivity index (χ1) is 6.31. The van der Waals surface area contributed by atoms with E-state index in [1.165, 1.54) is 11.1 Å². The molecular formula is C11H11BrO. The molecule has 2 heteroatoms. The van der Waals surface area contributed by atoms with E-state index in [1.807, 2.05) is 6.07 Å². The van der Waals surface area contributed by atoms with Gasteiger partial charge < -0.3 is 4.74 Å². The molecule has 0 spiro atoms. The summed E-state index contributed by atoms with van der Waals surface area (Å²) in [7, 11) is 0. The Morgan fingerprint density at radius 3 is 3.08 bits per heavy atom. The van der Waals surface area contributed by atoms with Crippen LogP contribution in [0.3, 0.4) is 0 Å². The van der Waals surface area contributed by atoms with Gasteiger partial charge >= 0.3 is 0 Å². The van der Waals surface area contributed by atoms with E-state index >= 15 is 0 Å². The second kappa shape index (κ2) is 3.54. The topological polar surface area (TPSA) is 9.23 Å². The molecule has 0 N–H and O–H groups in total. The van der Waals surface area contributed by atoms with E-state index in [9.17, 15) is 0 Å². The molecular weight excluding hydrogens is 228 g/mol. The number of fused-ring (bicyclic) bond motifs is 1. The van der Waals surface area contributed by atoms with Crippen molar-refractivity contribution in [1.82, 2.24) is 0 Å². The van der Waals surface area contributed by atoms with Gasteiger partial charge in [-0.05, 0) is 36.3 Å². The van der Waals surface area contributed by atoms with Crippen LogP contribution in [0.2, 0.25) is 0 Å². The lowest BCUT2D eigenvalue weighted by Crippen LogP contribution is -2.03. The van der Waals surface area contributed by atoms with E-state index in [0.717, 1.165) is 16.6 Å². The van der Waals surface area contributed by atoms with Gasteiger partial charge in [0.05, 0.1) is 0 Å². The molecule has 0 saturated heterocycles. The lowest BCUT2D eigenvalue weighted by Gasteiger charge is -2.17. The maximum atomic E-state index is 5.53. The van der Waals surface area contributed by atoms with Crippen molar-refractivity contribution in [2.75, 3.05) is 6.61 Å². The average Bonchev–Trinajstić information content (AvgIpc) is 2.16. The van der Waals surface area contributed by atoms with Gasteiger partial charge in [-0.1, -0.05) is 22.9 Å². The Hall–Kier alpha value is -0.760. The van der Waals surface area contributed by atoms with Crippen LogP contribution in [-0.4, -0.2) is 6.61 Å². The zero-order valence-electron chi connectivity index (χ0n) is 7.51. The van der Waals surface area contributed by atoms with E-state index in [4.69, 9.17) is 4.74 Å². The van der Waals surface area contributed by atoms with Crippen LogP contribution >= 0.6 is 15.9 Å². The lowest BCUT2D eigenvalue weighted by molar-refractivity contribution is 0.356. The van der Waals surface area contributed by atoms with Crippen molar-refractivity contribution in [3.05, 3.63) is 34.3 Å². The van der Waals surface area contributed by atoms with Crippen molar-refractivity contribution < 1.29 is 4.74 Å². The summed E-state index contributed by atoms with van der Waals surface area (Å²) < 4.78 is 6.60. The molecule has 1 aromatic rings. The molecule has 1 nitrogen and oxygen atoms in total. The third kappa shape index (κ3) is 1.63. The molecule has 0 radical (unpaired) electrons. The maximum absolute atomic E-state index is 5.53.